The van der Waals surface area contributed by atoms with Gasteiger partial charge >= 0.3 is 0 Å². The predicted molar refractivity (Wildman–Crippen MR) is 72.5 cm³/mol. The summed E-state index contributed by atoms with van der Waals surface area (Å²) in [6.07, 6.45) is 1.46. The van der Waals surface area contributed by atoms with Gasteiger partial charge in [0.1, 0.15) is 0 Å². The van der Waals surface area contributed by atoms with E-state index in [9.17, 15) is 9.59 Å². The number of nitrogens with one attached hydrogen (secondary N) is 2. The van der Waals surface area contributed by atoms with Crippen LogP contribution in [0.2, 0.25) is 0 Å². The number of carbonyl (C=O) groups is 2. The molecule has 2 heterocycles. The van der Waals surface area contributed by atoms with E-state index in [0.717, 1.165) is 31.0 Å². The number of thioether (sulfide) groups is 1. The number of likely N-dealkylation sites (tertiary alicyclic amines) is 1. The van der Waals surface area contributed by atoms with Gasteiger partial charge in [0.25, 0.3) is 0 Å². The summed E-state index contributed by atoms with van der Waals surface area (Å²) in [6.45, 7) is 3.95. The van der Waals surface area contributed by atoms with Crippen LogP contribution >= 0.6 is 11.8 Å². The largest absolute Gasteiger partial charge is 0.352 e. The van der Waals surface area contributed by atoms with Crippen LogP contribution in [-0.4, -0.2) is 59.9 Å². The molecule has 2 unspecified atom stereocenters. The zero-order valence-corrected chi connectivity index (χ0v) is 11.6. The van der Waals surface area contributed by atoms with Gasteiger partial charge in [0, 0.05) is 56.6 Å². The fourth-order valence-corrected chi connectivity index (χ4v) is 3.43. The van der Waals surface area contributed by atoms with E-state index in [1.807, 2.05) is 16.7 Å². The van der Waals surface area contributed by atoms with E-state index in [1.165, 1.54) is 6.92 Å². The van der Waals surface area contributed by atoms with Crippen molar-refractivity contribution in [2.75, 3.05) is 31.1 Å². The van der Waals surface area contributed by atoms with Crippen LogP contribution in [0.5, 0.6) is 0 Å². The van der Waals surface area contributed by atoms with Gasteiger partial charge in [-0.3, -0.25) is 9.59 Å². The number of amides is 2. The Bertz CT molecular complexity index is 318. The molecule has 2 N–H and O–H groups in total. The first kappa shape index (κ1) is 13.7. The maximum absolute atomic E-state index is 12.1. The molecular weight excluding hydrogens is 250 g/mol. The maximum atomic E-state index is 12.1. The molecule has 2 aliphatic heterocycles. The molecule has 0 aliphatic carbocycles. The SMILES string of the molecule is CC(=O)NC1CCN(C(=O)CC2CSCCN2)C1. The molecule has 0 saturated carbocycles. The minimum Gasteiger partial charge on any atom is -0.352 e. The Labute approximate surface area is 112 Å². The van der Waals surface area contributed by atoms with Gasteiger partial charge in [0.15, 0.2) is 0 Å². The van der Waals surface area contributed by atoms with Gasteiger partial charge in [-0.1, -0.05) is 0 Å². The highest BCUT2D eigenvalue weighted by Gasteiger charge is 2.28. The molecule has 18 heavy (non-hydrogen) atoms. The molecule has 0 spiro atoms. The molecule has 2 aliphatic rings. The highest BCUT2D eigenvalue weighted by atomic mass is 32.2. The summed E-state index contributed by atoms with van der Waals surface area (Å²) in [5, 5.41) is 6.26. The number of carbonyl (C=O) groups excluding carboxylic acids is 2. The molecule has 2 atom stereocenters. The Balaban J connectivity index is 1.74. The molecule has 2 rings (SSSR count). The second-order valence-electron chi connectivity index (χ2n) is 4.96. The third-order valence-corrected chi connectivity index (χ3v) is 4.50. The van der Waals surface area contributed by atoms with Crippen LogP contribution in [0.3, 0.4) is 0 Å². The molecule has 102 valence electrons. The minimum absolute atomic E-state index is 0.0142. The summed E-state index contributed by atoms with van der Waals surface area (Å²) in [7, 11) is 0. The zero-order valence-electron chi connectivity index (χ0n) is 10.8. The second-order valence-corrected chi connectivity index (χ2v) is 6.11. The van der Waals surface area contributed by atoms with E-state index in [0.29, 0.717) is 19.0 Å². The van der Waals surface area contributed by atoms with Gasteiger partial charge in [0.05, 0.1) is 0 Å². The van der Waals surface area contributed by atoms with Crippen molar-refractivity contribution >= 4 is 23.6 Å². The summed E-state index contributed by atoms with van der Waals surface area (Å²) >= 11 is 1.91. The van der Waals surface area contributed by atoms with Crippen molar-refractivity contribution < 1.29 is 9.59 Å². The zero-order chi connectivity index (χ0) is 13.0. The molecule has 2 amide bonds. The first-order valence-electron chi connectivity index (χ1n) is 6.51. The molecular formula is C12H21N3O2S. The summed E-state index contributed by atoms with van der Waals surface area (Å²) < 4.78 is 0. The van der Waals surface area contributed by atoms with Gasteiger partial charge in [-0.2, -0.15) is 11.8 Å². The van der Waals surface area contributed by atoms with E-state index < -0.39 is 0 Å². The van der Waals surface area contributed by atoms with E-state index in [1.54, 1.807) is 0 Å². The van der Waals surface area contributed by atoms with Crippen LogP contribution in [0.15, 0.2) is 0 Å². The van der Waals surface area contributed by atoms with Crippen molar-refractivity contribution in [3.05, 3.63) is 0 Å². The van der Waals surface area contributed by atoms with Gasteiger partial charge in [-0.15, -0.1) is 0 Å². The lowest BCUT2D eigenvalue weighted by molar-refractivity contribution is -0.131. The lowest BCUT2D eigenvalue weighted by Gasteiger charge is -2.25. The van der Waals surface area contributed by atoms with Gasteiger partial charge in [0.2, 0.25) is 11.8 Å². The van der Waals surface area contributed by atoms with E-state index in [4.69, 9.17) is 0 Å². The molecule has 5 nitrogen and oxygen atoms in total. The summed E-state index contributed by atoms with van der Waals surface area (Å²) in [5.74, 6) is 2.36. The minimum atomic E-state index is -0.0142. The number of nitrogens with zero attached hydrogens (tertiary/aromatic N) is 1. The summed E-state index contributed by atoms with van der Waals surface area (Å²) in [5.41, 5.74) is 0. The second kappa shape index (κ2) is 6.43. The average molecular weight is 271 g/mol. The third-order valence-electron chi connectivity index (χ3n) is 3.37. The average Bonchev–Trinajstić information content (AvgIpc) is 2.78. The van der Waals surface area contributed by atoms with Crippen LogP contribution in [0.4, 0.5) is 0 Å². The van der Waals surface area contributed by atoms with Crippen molar-refractivity contribution in [3.63, 3.8) is 0 Å². The fourth-order valence-electron chi connectivity index (χ4n) is 2.48. The van der Waals surface area contributed by atoms with Crippen molar-refractivity contribution in [3.8, 4) is 0 Å². The predicted octanol–water partition coefficient (Wildman–Crippen LogP) is -0.181. The maximum Gasteiger partial charge on any atom is 0.224 e. The number of rotatable bonds is 3. The lowest BCUT2D eigenvalue weighted by Crippen LogP contribution is -2.43. The molecule has 6 heteroatoms. The van der Waals surface area contributed by atoms with Crippen LogP contribution in [0.25, 0.3) is 0 Å². The van der Waals surface area contributed by atoms with Crippen LogP contribution < -0.4 is 10.6 Å². The Morgan fingerprint density at radius 2 is 2.33 bits per heavy atom. The monoisotopic (exact) mass is 271 g/mol. The molecule has 2 fully saturated rings. The van der Waals surface area contributed by atoms with Gasteiger partial charge < -0.3 is 15.5 Å². The normalized spacial score (nSPS) is 28.2. The highest BCUT2D eigenvalue weighted by molar-refractivity contribution is 7.99. The fraction of sp³-hybridized carbons (Fsp3) is 0.833. The first-order valence-corrected chi connectivity index (χ1v) is 7.66. The van der Waals surface area contributed by atoms with E-state index in [-0.39, 0.29) is 17.9 Å². The van der Waals surface area contributed by atoms with Crippen molar-refractivity contribution in [2.45, 2.75) is 31.8 Å². The molecule has 0 aromatic heterocycles. The van der Waals surface area contributed by atoms with Crippen molar-refractivity contribution in [1.29, 1.82) is 0 Å². The highest BCUT2D eigenvalue weighted by Crippen LogP contribution is 2.15. The molecule has 0 aromatic carbocycles. The Hall–Kier alpha value is -0.750. The molecule has 0 radical (unpaired) electrons. The Morgan fingerprint density at radius 1 is 1.50 bits per heavy atom. The van der Waals surface area contributed by atoms with Gasteiger partial charge in [-0.25, -0.2) is 0 Å². The molecule has 0 aromatic rings. The third kappa shape index (κ3) is 3.88. The standard InChI is InChI=1S/C12H21N3O2S/c1-9(16)14-10-2-4-15(7-10)12(17)6-11-8-18-5-3-13-11/h10-11,13H,2-8H2,1H3,(H,14,16). The van der Waals surface area contributed by atoms with Crippen molar-refractivity contribution in [1.82, 2.24) is 15.5 Å². The summed E-state index contributed by atoms with van der Waals surface area (Å²) in [4.78, 5) is 25.0. The van der Waals surface area contributed by atoms with Gasteiger partial charge in [-0.05, 0) is 6.42 Å². The van der Waals surface area contributed by atoms with E-state index >= 15 is 0 Å². The molecule has 0 bridgehead atoms. The van der Waals surface area contributed by atoms with E-state index in [2.05, 4.69) is 10.6 Å². The smallest absolute Gasteiger partial charge is 0.224 e. The molecule has 2 saturated heterocycles. The first-order chi connectivity index (χ1) is 8.65. The number of hydrogen-bond donors (Lipinski definition) is 2. The number of hydrogen-bond acceptors (Lipinski definition) is 4. The van der Waals surface area contributed by atoms with Crippen LogP contribution in [-0.2, 0) is 9.59 Å². The lowest BCUT2D eigenvalue weighted by atomic mass is 10.2. The Morgan fingerprint density at radius 3 is 3.00 bits per heavy atom. The topological polar surface area (TPSA) is 61.4 Å². The van der Waals surface area contributed by atoms with Crippen LogP contribution in [0, 0.1) is 0 Å². The quantitative estimate of drug-likeness (QED) is 0.747. The Kier molecular flexibility index (Phi) is 4.88. The van der Waals surface area contributed by atoms with Crippen LogP contribution in [0.1, 0.15) is 19.8 Å². The summed E-state index contributed by atoms with van der Waals surface area (Å²) in [6, 6.07) is 0.455. The van der Waals surface area contributed by atoms with Crippen molar-refractivity contribution in [2.24, 2.45) is 0 Å².